The zero-order valence-corrected chi connectivity index (χ0v) is 24.5. The molecule has 0 aliphatic carbocycles. The van der Waals surface area contributed by atoms with Crippen LogP contribution in [0.2, 0.25) is 0 Å². The fourth-order valence-corrected chi connectivity index (χ4v) is 5.29. The third kappa shape index (κ3) is 6.70. The van der Waals surface area contributed by atoms with Crippen molar-refractivity contribution in [3.63, 3.8) is 0 Å². The van der Waals surface area contributed by atoms with Gasteiger partial charge in [-0.05, 0) is 49.9 Å². The van der Waals surface area contributed by atoms with Gasteiger partial charge in [-0.25, -0.2) is 19.4 Å². The van der Waals surface area contributed by atoms with E-state index in [1.165, 1.54) is 24.6 Å². The minimum atomic E-state index is -4.70. The molecule has 2 saturated heterocycles. The molecule has 0 bridgehead atoms. The smallest absolute Gasteiger partial charge is 0.416 e. The zero-order chi connectivity index (χ0) is 31.6. The van der Waals surface area contributed by atoms with Gasteiger partial charge in [-0.2, -0.15) is 13.2 Å². The van der Waals surface area contributed by atoms with Crippen LogP contribution in [0.25, 0.3) is 0 Å². The minimum Gasteiger partial charge on any atom is -0.494 e. The van der Waals surface area contributed by atoms with Gasteiger partial charge in [-0.15, -0.1) is 0 Å². The van der Waals surface area contributed by atoms with Gasteiger partial charge in [-0.3, -0.25) is 9.63 Å². The molecule has 44 heavy (non-hydrogen) atoms. The largest absolute Gasteiger partial charge is 0.494 e. The second-order valence-corrected chi connectivity index (χ2v) is 10.7. The number of ether oxygens (including phenoxy) is 1. The van der Waals surface area contributed by atoms with Gasteiger partial charge in [-0.1, -0.05) is 6.58 Å². The van der Waals surface area contributed by atoms with E-state index in [2.05, 4.69) is 51.0 Å². The third-order valence-electron chi connectivity index (χ3n) is 7.74. The summed E-state index contributed by atoms with van der Waals surface area (Å²) in [5.41, 5.74) is 0.846. The van der Waals surface area contributed by atoms with Crippen molar-refractivity contribution in [1.29, 1.82) is 0 Å². The number of nitrogens with one attached hydrogen (secondary N) is 2. The summed E-state index contributed by atoms with van der Waals surface area (Å²) >= 11 is 0. The lowest BCUT2D eigenvalue weighted by Gasteiger charge is -2.40. The summed E-state index contributed by atoms with van der Waals surface area (Å²) in [7, 11) is 3.60. The van der Waals surface area contributed by atoms with Crippen LogP contribution in [0.5, 0.6) is 5.75 Å². The molecule has 5 rings (SSSR count). The number of hydrogen-bond acceptors (Lipinski definition) is 9. The molecule has 2 aliphatic heterocycles. The van der Waals surface area contributed by atoms with E-state index in [1.807, 2.05) is 6.07 Å². The summed E-state index contributed by atoms with van der Waals surface area (Å²) in [6, 6.07) is 7.15. The Kier molecular flexibility index (Phi) is 8.92. The molecule has 14 heteroatoms. The fourth-order valence-electron chi connectivity index (χ4n) is 5.29. The molecule has 2 fully saturated rings. The van der Waals surface area contributed by atoms with Crippen molar-refractivity contribution < 1.29 is 31.9 Å². The SMILES string of the molecule is C=CC(=O)Nc1cc(Nc2cc(N3OCC[C@@H]3c3cc(F)cc(C(F)(F)F)c3)ncn2)c(OC)cc1N1CCN(C)[C@H](C)C1. The van der Waals surface area contributed by atoms with Gasteiger partial charge in [0.15, 0.2) is 5.82 Å². The van der Waals surface area contributed by atoms with Crippen LogP contribution in [0.1, 0.15) is 30.5 Å². The van der Waals surface area contributed by atoms with E-state index in [1.54, 1.807) is 12.1 Å². The van der Waals surface area contributed by atoms with Gasteiger partial charge in [0.05, 0.1) is 42.4 Å². The summed E-state index contributed by atoms with van der Waals surface area (Å²) in [4.78, 5) is 31.1. The normalized spacial score (nSPS) is 19.2. The number of halogens is 4. The van der Waals surface area contributed by atoms with Crippen LogP contribution < -0.4 is 25.3 Å². The number of aromatic nitrogens is 2. The lowest BCUT2D eigenvalue weighted by atomic mass is 10.0. The average molecular weight is 616 g/mol. The Morgan fingerprint density at radius 2 is 1.93 bits per heavy atom. The first-order chi connectivity index (χ1) is 21.0. The molecule has 2 aromatic carbocycles. The quantitative estimate of drug-likeness (QED) is 0.251. The number of carbonyl (C=O) groups is 1. The summed E-state index contributed by atoms with van der Waals surface area (Å²) in [6.45, 7) is 8.22. The van der Waals surface area contributed by atoms with Gasteiger partial charge >= 0.3 is 6.18 Å². The predicted molar refractivity (Wildman–Crippen MR) is 159 cm³/mol. The minimum absolute atomic E-state index is 0.112. The maximum absolute atomic E-state index is 14.2. The summed E-state index contributed by atoms with van der Waals surface area (Å²) in [5.74, 6) is -0.312. The molecule has 0 radical (unpaired) electrons. The highest BCUT2D eigenvalue weighted by Gasteiger charge is 2.35. The summed E-state index contributed by atoms with van der Waals surface area (Å²) in [6.07, 6.45) is -1.92. The van der Waals surface area contributed by atoms with Crippen molar-refractivity contribution >= 4 is 34.6 Å². The summed E-state index contributed by atoms with van der Waals surface area (Å²) < 4.78 is 60.0. The highest BCUT2D eigenvalue weighted by Crippen LogP contribution is 2.41. The van der Waals surface area contributed by atoms with Crippen molar-refractivity contribution in [3.05, 3.63) is 72.3 Å². The van der Waals surface area contributed by atoms with E-state index in [9.17, 15) is 22.4 Å². The van der Waals surface area contributed by atoms with Crippen LogP contribution in [0.3, 0.4) is 0 Å². The van der Waals surface area contributed by atoms with Crippen molar-refractivity contribution in [3.8, 4) is 5.75 Å². The molecule has 0 spiro atoms. The van der Waals surface area contributed by atoms with Crippen LogP contribution >= 0.6 is 0 Å². The van der Waals surface area contributed by atoms with Gasteiger partial charge in [0.2, 0.25) is 5.91 Å². The third-order valence-corrected chi connectivity index (χ3v) is 7.74. The van der Waals surface area contributed by atoms with E-state index in [-0.39, 0.29) is 23.9 Å². The fraction of sp³-hybridized carbons (Fsp3) is 0.367. The number of carbonyl (C=O) groups excluding carboxylic acids is 1. The average Bonchev–Trinajstić information content (AvgIpc) is 3.48. The molecule has 3 heterocycles. The Morgan fingerprint density at radius 1 is 1.14 bits per heavy atom. The molecule has 3 aromatic rings. The van der Waals surface area contributed by atoms with Crippen molar-refractivity contribution in [1.82, 2.24) is 14.9 Å². The molecule has 10 nitrogen and oxygen atoms in total. The Hall–Kier alpha value is -4.43. The predicted octanol–water partition coefficient (Wildman–Crippen LogP) is 5.53. The van der Waals surface area contributed by atoms with E-state index >= 15 is 0 Å². The zero-order valence-electron chi connectivity index (χ0n) is 24.5. The number of amides is 1. The van der Waals surface area contributed by atoms with Crippen molar-refractivity contribution in [2.24, 2.45) is 0 Å². The first-order valence-electron chi connectivity index (χ1n) is 14.0. The Morgan fingerprint density at radius 3 is 2.64 bits per heavy atom. The molecule has 2 aliphatic rings. The molecule has 2 atom stereocenters. The number of nitrogens with zero attached hydrogens (tertiary/aromatic N) is 5. The number of anilines is 5. The number of piperazine rings is 1. The molecule has 2 N–H and O–H groups in total. The van der Waals surface area contributed by atoms with Gasteiger partial charge in [0, 0.05) is 44.2 Å². The number of likely N-dealkylation sites (N-methyl/N-ethyl adjacent to an activating group) is 1. The number of hydroxylamine groups is 1. The number of alkyl halides is 3. The lowest BCUT2D eigenvalue weighted by Crippen LogP contribution is -2.50. The Labute approximate surface area is 252 Å². The van der Waals surface area contributed by atoms with E-state index in [4.69, 9.17) is 9.57 Å². The maximum Gasteiger partial charge on any atom is 0.416 e. The van der Waals surface area contributed by atoms with Crippen LogP contribution in [0.15, 0.2) is 55.4 Å². The number of rotatable bonds is 8. The first-order valence-corrected chi connectivity index (χ1v) is 14.0. The van der Waals surface area contributed by atoms with Crippen molar-refractivity contribution in [2.75, 3.05) is 61.0 Å². The maximum atomic E-state index is 14.2. The first kappa shape index (κ1) is 31.0. The second kappa shape index (κ2) is 12.7. The molecule has 0 saturated carbocycles. The number of methoxy groups -OCH3 is 1. The molecular formula is C30H33F4N7O3. The summed E-state index contributed by atoms with van der Waals surface area (Å²) in [5, 5.41) is 7.42. The van der Waals surface area contributed by atoms with Gasteiger partial charge in [0.25, 0.3) is 0 Å². The lowest BCUT2D eigenvalue weighted by molar-refractivity contribution is -0.137. The van der Waals surface area contributed by atoms with Crippen LogP contribution in [-0.4, -0.2) is 67.2 Å². The number of hydrogen-bond donors (Lipinski definition) is 2. The number of benzene rings is 2. The highest BCUT2D eigenvalue weighted by molar-refractivity contribution is 6.02. The van der Waals surface area contributed by atoms with Crippen LogP contribution in [0.4, 0.5) is 46.3 Å². The molecule has 1 aromatic heterocycles. The Bertz CT molecular complexity index is 1540. The van der Waals surface area contributed by atoms with Gasteiger partial charge < -0.3 is 25.2 Å². The van der Waals surface area contributed by atoms with E-state index < -0.39 is 23.6 Å². The van der Waals surface area contributed by atoms with Gasteiger partial charge in [0.1, 0.15) is 23.7 Å². The molecule has 1 amide bonds. The second-order valence-electron chi connectivity index (χ2n) is 10.7. The highest BCUT2D eigenvalue weighted by atomic mass is 19.4. The monoisotopic (exact) mass is 615 g/mol. The van der Waals surface area contributed by atoms with Crippen molar-refractivity contribution in [2.45, 2.75) is 31.6 Å². The van der Waals surface area contributed by atoms with E-state index in [0.717, 1.165) is 37.5 Å². The van der Waals surface area contributed by atoms with E-state index in [0.29, 0.717) is 41.5 Å². The molecular weight excluding hydrogens is 582 g/mol. The van der Waals surface area contributed by atoms with Crippen LogP contribution in [0, 0.1) is 5.82 Å². The Balaban J connectivity index is 1.45. The topological polar surface area (TPSA) is 95.1 Å². The molecule has 0 unspecified atom stereocenters. The molecule has 234 valence electrons. The van der Waals surface area contributed by atoms with Crippen LogP contribution in [-0.2, 0) is 15.8 Å². The standard InChI is InChI=1S/C30H33F4N7O3/c1-5-29(42)38-22-13-23(26(43-4)14-25(22)40-8-7-39(3)18(2)16-40)37-27-15-28(36-17-35-27)41-24(6-9-44-41)19-10-20(30(32,33)34)12-21(31)11-19/h5,10-15,17-18,24H,1,6-9,16H2,2-4H3,(H,38,42)(H,35,36,37)/t18-,24-/m1/s1.